The first-order chi connectivity index (χ1) is 9.54. The van der Waals surface area contributed by atoms with Crippen LogP contribution in [-0.4, -0.2) is 11.1 Å². The average Bonchev–Trinajstić information content (AvgIpc) is 2.41. The predicted octanol–water partition coefficient (Wildman–Crippen LogP) is 3.37. The zero-order valence-corrected chi connectivity index (χ0v) is 12.2. The summed E-state index contributed by atoms with van der Waals surface area (Å²) in [5.41, 5.74) is 9.69. The zero-order chi connectivity index (χ0) is 14.5. The van der Waals surface area contributed by atoms with E-state index >= 15 is 0 Å². The van der Waals surface area contributed by atoms with E-state index in [1.165, 1.54) is 0 Å². The van der Waals surface area contributed by atoms with E-state index in [2.05, 4.69) is 16.4 Å². The minimum absolute atomic E-state index is 0.105. The Morgan fingerprint density at radius 2 is 2.05 bits per heavy atom. The van der Waals surface area contributed by atoms with Gasteiger partial charge < -0.3 is 15.8 Å². The van der Waals surface area contributed by atoms with Gasteiger partial charge in [-0.1, -0.05) is 6.07 Å². The molecule has 0 bridgehead atoms. The molecule has 4 nitrogen and oxygen atoms in total. The number of nitrogens with two attached hydrogens (primary N) is 1. The Labute approximate surface area is 120 Å². The molecule has 0 spiro atoms. The molecule has 0 fully saturated rings. The van der Waals surface area contributed by atoms with Crippen LogP contribution in [0.1, 0.15) is 25.1 Å². The van der Waals surface area contributed by atoms with Crippen LogP contribution in [0.15, 0.2) is 36.5 Å². The maximum absolute atomic E-state index is 5.90. The molecule has 0 saturated heterocycles. The number of benzene rings is 1. The van der Waals surface area contributed by atoms with Crippen LogP contribution in [0.25, 0.3) is 0 Å². The van der Waals surface area contributed by atoms with Gasteiger partial charge in [0.25, 0.3) is 0 Å². The van der Waals surface area contributed by atoms with Crippen LogP contribution in [-0.2, 0) is 6.54 Å². The lowest BCUT2D eigenvalue weighted by Gasteiger charge is -2.14. The topological polar surface area (TPSA) is 60.2 Å². The summed E-state index contributed by atoms with van der Waals surface area (Å²) >= 11 is 0. The Balaban J connectivity index is 2.04. The third kappa shape index (κ3) is 3.88. The maximum Gasteiger partial charge on any atom is 0.144 e. The fourth-order valence-corrected chi connectivity index (χ4v) is 1.81. The molecule has 0 unspecified atom stereocenters. The third-order valence-corrected chi connectivity index (χ3v) is 2.85. The number of nitrogens with one attached hydrogen (secondary N) is 1. The fraction of sp³-hybridized carbons (Fsp3) is 0.312. The normalized spacial score (nSPS) is 10.6. The van der Waals surface area contributed by atoms with Gasteiger partial charge in [0, 0.05) is 30.2 Å². The highest BCUT2D eigenvalue weighted by molar-refractivity contribution is 5.61. The van der Waals surface area contributed by atoms with Crippen LogP contribution in [0, 0.1) is 6.92 Å². The van der Waals surface area contributed by atoms with Crippen LogP contribution in [0.5, 0.6) is 5.75 Å². The Morgan fingerprint density at radius 1 is 1.25 bits per heavy atom. The molecule has 2 rings (SSSR count). The van der Waals surface area contributed by atoms with Crippen molar-refractivity contribution in [2.24, 2.45) is 0 Å². The minimum atomic E-state index is 0.105. The van der Waals surface area contributed by atoms with Gasteiger partial charge in [-0.2, -0.15) is 0 Å². The van der Waals surface area contributed by atoms with E-state index < -0.39 is 0 Å². The molecular weight excluding hydrogens is 250 g/mol. The lowest BCUT2D eigenvalue weighted by atomic mass is 10.2. The molecule has 1 aromatic heterocycles. The molecule has 1 heterocycles. The highest BCUT2D eigenvalue weighted by Crippen LogP contribution is 2.26. The van der Waals surface area contributed by atoms with Gasteiger partial charge in [-0.05, 0) is 44.5 Å². The van der Waals surface area contributed by atoms with Crippen LogP contribution in [0.4, 0.5) is 11.4 Å². The van der Waals surface area contributed by atoms with Gasteiger partial charge in [0.1, 0.15) is 5.75 Å². The second-order valence-corrected chi connectivity index (χ2v) is 5.08. The standard InChI is InChI=1S/C16H21N3O/c1-11(2)20-16-8-14(6-7-15(16)17)19-10-13-5-4-12(3)18-9-13/h4-9,11,19H,10,17H2,1-3H3. The number of hydrogen-bond acceptors (Lipinski definition) is 4. The van der Waals surface area contributed by atoms with Crippen molar-refractivity contribution in [1.82, 2.24) is 4.98 Å². The van der Waals surface area contributed by atoms with Gasteiger partial charge in [0.15, 0.2) is 0 Å². The van der Waals surface area contributed by atoms with Crippen molar-refractivity contribution >= 4 is 11.4 Å². The first-order valence-electron chi connectivity index (χ1n) is 6.76. The lowest BCUT2D eigenvalue weighted by Crippen LogP contribution is -2.08. The number of pyridine rings is 1. The first kappa shape index (κ1) is 14.2. The van der Waals surface area contributed by atoms with Crippen LogP contribution >= 0.6 is 0 Å². The van der Waals surface area contributed by atoms with Gasteiger partial charge in [-0.15, -0.1) is 0 Å². The highest BCUT2D eigenvalue weighted by atomic mass is 16.5. The first-order valence-corrected chi connectivity index (χ1v) is 6.76. The lowest BCUT2D eigenvalue weighted by molar-refractivity contribution is 0.244. The fourth-order valence-electron chi connectivity index (χ4n) is 1.81. The molecule has 3 N–H and O–H groups in total. The summed E-state index contributed by atoms with van der Waals surface area (Å²) in [7, 11) is 0. The molecule has 0 amide bonds. The van der Waals surface area contributed by atoms with Crippen LogP contribution < -0.4 is 15.8 Å². The number of nitrogens with zero attached hydrogens (tertiary/aromatic N) is 1. The molecule has 0 radical (unpaired) electrons. The van der Waals surface area contributed by atoms with Gasteiger partial charge >= 0.3 is 0 Å². The summed E-state index contributed by atoms with van der Waals surface area (Å²) in [5, 5.41) is 3.35. The number of hydrogen-bond donors (Lipinski definition) is 2. The second kappa shape index (κ2) is 6.28. The van der Waals surface area contributed by atoms with E-state index in [1.54, 1.807) is 0 Å². The Hall–Kier alpha value is -2.23. The molecule has 106 valence electrons. The zero-order valence-electron chi connectivity index (χ0n) is 12.2. The third-order valence-electron chi connectivity index (χ3n) is 2.85. The summed E-state index contributed by atoms with van der Waals surface area (Å²) in [6, 6.07) is 9.81. The average molecular weight is 271 g/mol. The van der Waals surface area contributed by atoms with Crippen molar-refractivity contribution in [2.75, 3.05) is 11.1 Å². The summed E-state index contributed by atoms with van der Waals surface area (Å²) in [6.07, 6.45) is 1.99. The molecule has 0 atom stereocenters. The maximum atomic E-state index is 5.90. The number of aryl methyl sites for hydroxylation is 1. The van der Waals surface area contributed by atoms with Crippen molar-refractivity contribution in [2.45, 2.75) is 33.4 Å². The van der Waals surface area contributed by atoms with E-state index in [4.69, 9.17) is 10.5 Å². The number of aromatic nitrogens is 1. The van der Waals surface area contributed by atoms with Crippen molar-refractivity contribution in [3.05, 3.63) is 47.8 Å². The molecule has 2 aromatic rings. The van der Waals surface area contributed by atoms with Crippen LogP contribution in [0.3, 0.4) is 0 Å². The van der Waals surface area contributed by atoms with E-state index in [9.17, 15) is 0 Å². The molecule has 1 aromatic carbocycles. The van der Waals surface area contributed by atoms with E-state index in [0.717, 1.165) is 23.5 Å². The van der Waals surface area contributed by atoms with Crippen molar-refractivity contribution < 1.29 is 4.74 Å². The summed E-state index contributed by atoms with van der Waals surface area (Å²) < 4.78 is 5.68. The molecule has 0 saturated carbocycles. The molecule has 0 aliphatic heterocycles. The number of anilines is 2. The SMILES string of the molecule is Cc1ccc(CNc2ccc(N)c(OC(C)C)c2)cn1. The van der Waals surface area contributed by atoms with E-state index in [1.807, 2.05) is 51.2 Å². The summed E-state index contributed by atoms with van der Waals surface area (Å²) in [5.74, 6) is 0.715. The molecule has 4 heteroatoms. The van der Waals surface area contributed by atoms with Gasteiger partial charge in [-0.25, -0.2) is 0 Å². The second-order valence-electron chi connectivity index (χ2n) is 5.08. The van der Waals surface area contributed by atoms with Gasteiger partial charge in [0.2, 0.25) is 0 Å². The molecule has 20 heavy (non-hydrogen) atoms. The predicted molar refractivity (Wildman–Crippen MR) is 82.9 cm³/mol. The summed E-state index contributed by atoms with van der Waals surface area (Å²) in [6.45, 7) is 6.67. The Kier molecular flexibility index (Phi) is 4.45. The monoisotopic (exact) mass is 271 g/mol. The van der Waals surface area contributed by atoms with E-state index in [-0.39, 0.29) is 6.10 Å². The number of ether oxygens (including phenoxy) is 1. The smallest absolute Gasteiger partial charge is 0.144 e. The highest BCUT2D eigenvalue weighted by Gasteiger charge is 2.04. The van der Waals surface area contributed by atoms with Crippen molar-refractivity contribution in [3.8, 4) is 5.75 Å². The summed E-state index contributed by atoms with van der Waals surface area (Å²) in [4.78, 5) is 4.28. The Morgan fingerprint density at radius 3 is 2.70 bits per heavy atom. The van der Waals surface area contributed by atoms with Crippen molar-refractivity contribution in [3.63, 3.8) is 0 Å². The van der Waals surface area contributed by atoms with Crippen molar-refractivity contribution in [1.29, 1.82) is 0 Å². The quantitative estimate of drug-likeness (QED) is 0.818. The minimum Gasteiger partial charge on any atom is -0.489 e. The largest absolute Gasteiger partial charge is 0.489 e. The number of rotatable bonds is 5. The molecule has 0 aliphatic rings. The van der Waals surface area contributed by atoms with E-state index in [0.29, 0.717) is 11.4 Å². The van der Waals surface area contributed by atoms with Gasteiger partial charge in [-0.3, -0.25) is 4.98 Å². The van der Waals surface area contributed by atoms with Crippen LogP contribution in [0.2, 0.25) is 0 Å². The van der Waals surface area contributed by atoms with Gasteiger partial charge in [0.05, 0.1) is 11.8 Å². The number of nitrogen functional groups attached to an aromatic ring is 1. The molecule has 0 aliphatic carbocycles. The Bertz CT molecular complexity index is 564. The molecular formula is C16H21N3O.